The number of fused-ring (bicyclic) bond motifs is 4. The molecule has 0 amide bonds. The zero-order valence-corrected chi connectivity index (χ0v) is 28.5. The van der Waals surface area contributed by atoms with Crippen molar-refractivity contribution in [3.05, 3.63) is 175 Å². The topological polar surface area (TPSA) is 3.24 Å². The fraction of sp³-hybridized carbons (Fsp3) is 0.149. The number of nitrogens with zero attached hydrogens (tertiary/aromatic N) is 1. The lowest BCUT2D eigenvalue weighted by atomic mass is 9.69. The molecule has 238 valence electrons. The molecule has 0 saturated heterocycles. The molecule has 9 rings (SSSR count). The van der Waals surface area contributed by atoms with Gasteiger partial charge in [-0.25, -0.2) is 0 Å². The van der Waals surface area contributed by atoms with Crippen molar-refractivity contribution in [3.8, 4) is 11.1 Å². The first kappa shape index (κ1) is 29.9. The van der Waals surface area contributed by atoms with Crippen LogP contribution in [0.15, 0.2) is 164 Å². The van der Waals surface area contributed by atoms with Crippen molar-refractivity contribution in [1.29, 1.82) is 0 Å². The smallest absolute Gasteiger partial charge is 0.0468 e. The van der Waals surface area contributed by atoms with Crippen molar-refractivity contribution in [2.24, 2.45) is 0 Å². The van der Waals surface area contributed by atoms with Crippen LogP contribution in [0.3, 0.4) is 0 Å². The number of hydrogen-bond donors (Lipinski definition) is 0. The molecule has 1 saturated carbocycles. The molecule has 0 N–H and O–H groups in total. The van der Waals surface area contributed by atoms with E-state index in [0.717, 1.165) is 5.69 Å². The van der Waals surface area contributed by atoms with E-state index in [2.05, 4.69) is 169 Å². The number of benzene rings is 7. The average Bonchev–Trinajstić information content (AvgIpc) is 3.35. The van der Waals surface area contributed by atoms with E-state index in [-0.39, 0.29) is 5.41 Å². The number of thiophene rings is 1. The summed E-state index contributed by atoms with van der Waals surface area (Å²) in [5.74, 6) is 0. The normalized spacial score (nSPS) is 14.6. The highest BCUT2D eigenvalue weighted by Gasteiger charge is 2.34. The van der Waals surface area contributed by atoms with Crippen LogP contribution in [0.1, 0.15) is 49.7 Å². The summed E-state index contributed by atoms with van der Waals surface area (Å²) in [7, 11) is 0. The monoisotopic (exact) mass is 649 g/mol. The summed E-state index contributed by atoms with van der Waals surface area (Å²) in [4.78, 5) is 2.44. The average molecular weight is 650 g/mol. The van der Waals surface area contributed by atoms with E-state index in [9.17, 15) is 0 Å². The van der Waals surface area contributed by atoms with Crippen LogP contribution in [0.4, 0.5) is 17.1 Å². The summed E-state index contributed by atoms with van der Waals surface area (Å²) < 4.78 is 2.66. The van der Waals surface area contributed by atoms with E-state index in [4.69, 9.17) is 0 Å². The minimum atomic E-state index is 0.0652. The van der Waals surface area contributed by atoms with E-state index >= 15 is 0 Å². The highest BCUT2D eigenvalue weighted by Crippen LogP contribution is 2.46. The van der Waals surface area contributed by atoms with Crippen LogP contribution in [-0.4, -0.2) is 0 Å². The minimum Gasteiger partial charge on any atom is -0.310 e. The number of anilines is 3. The molecule has 1 aliphatic rings. The summed E-state index contributed by atoms with van der Waals surface area (Å²) in [6, 6.07) is 61.0. The van der Waals surface area contributed by atoms with Gasteiger partial charge in [-0.1, -0.05) is 141 Å². The minimum absolute atomic E-state index is 0.0652. The van der Waals surface area contributed by atoms with Gasteiger partial charge >= 0.3 is 0 Å². The number of rotatable bonds is 6. The highest BCUT2D eigenvalue weighted by molar-refractivity contribution is 7.25. The Morgan fingerprint density at radius 1 is 0.429 bits per heavy atom. The van der Waals surface area contributed by atoms with Gasteiger partial charge in [0, 0.05) is 42.6 Å². The zero-order valence-electron chi connectivity index (χ0n) is 27.7. The fourth-order valence-electron chi connectivity index (χ4n) is 8.33. The van der Waals surface area contributed by atoms with Crippen molar-refractivity contribution in [1.82, 2.24) is 0 Å². The zero-order chi connectivity index (χ0) is 32.6. The molecule has 1 aromatic heterocycles. The summed E-state index contributed by atoms with van der Waals surface area (Å²) in [5.41, 5.74) is 8.97. The van der Waals surface area contributed by atoms with Crippen LogP contribution in [0.5, 0.6) is 0 Å². The van der Waals surface area contributed by atoms with Crippen molar-refractivity contribution >= 4 is 59.3 Å². The molecule has 0 bridgehead atoms. The van der Waals surface area contributed by atoms with Gasteiger partial charge < -0.3 is 4.90 Å². The van der Waals surface area contributed by atoms with Gasteiger partial charge in [0.15, 0.2) is 0 Å². The van der Waals surface area contributed by atoms with Gasteiger partial charge in [0.1, 0.15) is 0 Å². The van der Waals surface area contributed by atoms with Crippen molar-refractivity contribution in [2.75, 3.05) is 4.90 Å². The molecule has 1 nitrogen and oxygen atoms in total. The molecule has 0 aliphatic heterocycles. The van der Waals surface area contributed by atoms with Gasteiger partial charge in [-0.3, -0.25) is 0 Å². The summed E-state index contributed by atoms with van der Waals surface area (Å²) in [5, 5.41) is 5.19. The summed E-state index contributed by atoms with van der Waals surface area (Å²) in [6.45, 7) is 0. The van der Waals surface area contributed by atoms with Crippen LogP contribution >= 0.6 is 11.3 Å². The van der Waals surface area contributed by atoms with Crippen LogP contribution in [0, 0.1) is 0 Å². The third-order valence-electron chi connectivity index (χ3n) is 10.8. The van der Waals surface area contributed by atoms with E-state index < -0.39 is 0 Å². The predicted molar refractivity (Wildman–Crippen MR) is 212 cm³/mol. The maximum atomic E-state index is 2.44. The molecule has 49 heavy (non-hydrogen) atoms. The van der Waals surface area contributed by atoms with E-state index in [0.29, 0.717) is 0 Å². The standard InChI is InChI=1S/C47H39NS/c1-2-11-32-47(31-10-1,36-15-4-3-5-16-36)37-23-27-39(28-24-37)48(40-29-30-46-44(33-40)43-18-8-9-20-45(43)49-46)38-25-21-35(22-26-38)42-19-12-14-34-13-6-7-17-41(34)42/h3-9,12-30,33H,1-2,10-11,31-32H2. The largest absolute Gasteiger partial charge is 0.310 e. The van der Waals surface area contributed by atoms with E-state index in [1.54, 1.807) is 0 Å². The first-order valence-corrected chi connectivity index (χ1v) is 18.5. The van der Waals surface area contributed by atoms with Gasteiger partial charge in [0.05, 0.1) is 0 Å². The Labute approximate surface area is 293 Å². The second-order valence-electron chi connectivity index (χ2n) is 13.6. The predicted octanol–water partition coefficient (Wildman–Crippen LogP) is 14.0. The molecule has 1 heterocycles. The van der Waals surface area contributed by atoms with Crippen LogP contribution in [0.25, 0.3) is 42.1 Å². The Kier molecular flexibility index (Phi) is 7.75. The SMILES string of the molecule is c1ccc(C2(c3ccc(N(c4ccc(-c5cccc6ccccc56)cc4)c4ccc5sc6ccccc6c5c4)cc3)CCCCCC2)cc1. The highest BCUT2D eigenvalue weighted by atomic mass is 32.1. The van der Waals surface area contributed by atoms with Gasteiger partial charge in [-0.2, -0.15) is 0 Å². The van der Waals surface area contributed by atoms with Gasteiger partial charge in [-0.15, -0.1) is 11.3 Å². The Morgan fingerprint density at radius 2 is 1.02 bits per heavy atom. The fourth-order valence-corrected chi connectivity index (χ4v) is 9.42. The molecular formula is C47H39NS. The van der Waals surface area contributed by atoms with Crippen molar-refractivity contribution in [2.45, 2.75) is 43.9 Å². The Hall–Kier alpha value is -5.18. The quantitative estimate of drug-likeness (QED) is 0.162. The second kappa shape index (κ2) is 12.7. The Bertz CT molecular complexity index is 2370. The van der Waals surface area contributed by atoms with Crippen molar-refractivity contribution < 1.29 is 0 Å². The van der Waals surface area contributed by atoms with E-state index in [1.807, 2.05) is 11.3 Å². The Balaban J connectivity index is 1.16. The van der Waals surface area contributed by atoms with Crippen LogP contribution in [0.2, 0.25) is 0 Å². The first-order chi connectivity index (χ1) is 24.3. The maximum absolute atomic E-state index is 2.44. The van der Waals surface area contributed by atoms with Gasteiger partial charge in [0.2, 0.25) is 0 Å². The summed E-state index contributed by atoms with van der Waals surface area (Å²) in [6.07, 6.45) is 7.62. The molecule has 7 aromatic carbocycles. The number of hydrogen-bond acceptors (Lipinski definition) is 2. The summed E-state index contributed by atoms with van der Waals surface area (Å²) >= 11 is 1.87. The maximum Gasteiger partial charge on any atom is 0.0468 e. The lowest BCUT2D eigenvalue weighted by Crippen LogP contribution is -2.27. The molecule has 0 atom stereocenters. The molecule has 0 unspecified atom stereocenters. The molecule has 0 radical (unpaired) electrons. The molecule has 1 aliphatic carbocycles. The third-order valence-corrected chi connectivity index (χ3v) is 12.0. The molecular weight excluding hydrogens is 611 g/mol. The molecule has 8 aromatic rings. The first-order valence-electron chi connectivity index (χ1n) is 17.7. The lowest BCUT2D eigenvalue weighted by molar-refractivity contribution is 0.446. The second-order valence-corrected chi connectivity index (χ2v) is 14.7. The van der Waals surface area contributed by atoms with Crippen LogP contribution < -0.4 is 4.90 Å². The Morgan fingerprint density at radius 3 is 1.80 bits per heavy atom. The molecule has 1 fully saturated rings. The van der Waals surface area contributed by atoms with Gasteiger partial charge in [0.25, 0.3) is 0 Å². The lowest BCUT2D eigenvalue weighted by Gasteiger charge is -2.35. The van der Waals surface area contributed by atoms with Crippen LogP contribution in [-0.2, 0) is 5.41 Å². The van der Waals surface area contributed by atoms with Gasteiger partial charge in [-0.05, 0) is 94.4 Å². The molecule has 0 spiro atoms. The molecule has 2 heteroatoms. The van der Waals surface area contributed by atoms with E-state index in [1.165, 1.54) is 103 Å². The third kappa shape index (κ3) is 5.41. The van der Waals surface area contributed by atoms with Crippen molar-refractivity contribution in [3.63, 3.8) is 0 Å².